The number of benzene rings is 1. The standard InChI is InChI=1S/C15H19NO7S/c1-21-12-5-3-4-11(14(12)22-2)15(18)23-8-13(17)16-10-6-7-24(19,20)9-10/h3-5,10H,6-9H2,1-2H3,(H,16,17)/t10-/m1/s1. The first kappa shape index (κ1) is 18.1. The molecule has 1 saturated heterocycles. The van der Waals surface area contributed by atoms with Gasteiger partial charge in [0.05, 0.1) is 25.7 Å². The quantitative estimate of drug-likeness (QED) is 0.723. The van der Waals surface area contributed by atoms with Crippen molar-refractivity contribution in [3.63, 3.8) is 0 Å². The minimum Gasteiger partial charge on any atom is -0.493 e. The van der Waals surface area contributed by atoms with E-state index in [1.54, 1.807) is 12.1 Å². The van der Waals surface area contributed by atoms with Crippen molar-refractivity contribution in [2.24, 2.45) is 0 Å². The second kappa shape index (κ2) is 7.52. The lowest BCUT2D eigenvalue weighted by Gasteiger charge is -2.13. The Labute approximate surface area is 140 Å². The van der Waals surface area contributed by atoms with Gasteiger partial charge in [-0.3, -0.25) is 4.79 Å². The maximum atomic E-state index is 12.1. The van der Waals surface area contributed by atoms with Crippen molar-refractivity contribution < 1.29 is 32.2 Å². The van der Waals surface area contributed by atoms with Crippen molar-refractivity contribution in [3.05, 3.63) is 23.8 Å². The molecule has 0 aromatic heterocycles. The van der Waals surface area contributed by atoms with E-state index in [1.807, 2.05) is 0 Å². The highest BCUT2D eigenvalue weighted by Gasteiger charge is 2.29. The van der Waals surface area contributed by atoms with Crippen LogP contribution < -0.4 is 14.8 Å². The maximum absolute atomic E-state index is 12.1. The fourth-order valence-electron chi connectivity index (χ4n) is 2.43. The number of para-hydroxylation sites is 1. The average Bonchev–Trinajstić information content (AvgIpc) is 2.90. The van der Waals surface area contributed by atoms with E-state index in [1.165, 1.54) is 20.3 Å². The summed E-state index contributed by atoms with van der Waals surface area (Å²) in [6.07, 6.45) is 0.367. The van der Waals surface area contributed by atoms with Crippen LogP contribution in [0.1, 0.15) is 16.8 Å². The fraction of sp³-hybridized carbons (Fsp3) is 0.467. The third kappa shape index (κ3) is 4.38. The summed E-state index contributed by atoms with van der Waals surface area (Å²) in [5.74, 6) is -0.734. The predicted octanol–water partition coefficient (Wildman–Crippen LogP) is 0.164. The van der Waals surface area contributed by atoms with Crippen LogP contribution in [0.25, 0.3) is 0 Å². The molecule has 1 aliphatic rings. The Morgan fingerprint density at radius 1 is 1.25 bits per heavy atom. The largest absolute Gasteiger partial charge is 0.493 e. The van der Waals surface area contributed by atoms with Gasteiger partial charge in [-0.15, -0.1) is 0 Å². The summed E-state index contributed by atoms with van der Waals surface area (Å²) in [5.41, 5.74) is 0.132. The number of sulfone groups is 1. The highest BCUT2D eigenvalue weighted by molar-refractivity contribution is 7.91. The fourth-order valence-corrected chi connectivity index (χ4v) is 4.11. The smallest absolute Gasteiger partial charge is 0.342 e. The molecule has 1 aliphatic heterocycles. The van der Waals surface area contributed by atoms with Crippen molar-refractivity contribution in [2.45, 2.75) is 12.5 Å². The number of rotatable bonds is 6. The lowest BCUT2D eigenvalue weighted by Crippen LogP contribution is -2.38. The minimum absolute atomic E-state index is 0.0543. The van der Waals surface area contributed by atoms with Crippen LogP contribution in [0.3, 0.4) is 0 Å². The van der Waals surface area contributed by atoms with Crippen LogP contribution in [0.4, 0.5) is 0 Å². The molecule has 0 saturated carbocycles. The molecule has 1 aromatic carbocycles. The molecule has 0 bridgehead atoms. The summed E-state index contributed by atoms with van der Waals surface area (Å²) in [5, 5.41) is 2.54. The Balaban J connectivity index is 1.92. The summed E-state index contributed by atoms with van der Waals surface area (Å²) < 4.78 is 37.9. The number of hydrogen-bond acceptors (Lipinski definition) is 7. The van der Waals surface area contributed by atoms with E-state index in [4.69, 9.17) is 14.2 Å². The molecule has 1 atom stereocenters. The summed E-state index contributed by atoms with van der Waals surface area (Å²) in [7, 11) is -0.254. The van der Waals surface area contributed by atoms with Crippen LogP contribution in [0.15, 0.2) is 18.2 Å². The number of carbonyl (C=O) groups excluding carboxylic acids is 2. The monoisotopic (exact) mass is 357 g/mol. The molecule has 1 N–H and O–H groups in total. The first-order valence-corrected chi connectivity index (χ1v) is 9.06. The van der Waals surface area contributed by atoms with E-state index in [2.05, 4.69) is 5.32 Å². The number of amides is 1. The summed E-state index contributed by atoms with van der Waals surface area (Å²) in [6, 6.07) is 4.28. The maximum Gasteiger partial charge on any atom is 0.342 e. The van der Waals surface area contributed by atoms with Crippen LogP contribution >= 0.6 is 0 Å². The molecule has 2 rings (SSSR count). The van der Waals surface area contributed by atoms with E-state index in [0.29, 0.717) is 12.2 Å². The number of hydrogen-bond donors (Lipinski definition) is 1. The molecule has 8 nitrogen and oxygen atoms in total. The number of carbonyl (C=O) groups is 2. The lowest BCUT2D eigenvalue weighted by molar-refractivity contribution is -0.124. The molecule has 24 heavy (non-hydrogen) atoms. The third-order valence-corrected chi connectivity index (χ3v) is 5.32. The van der Waals surface area contributed by atoms with E-state index in [0.717, 1.165) is 0 Å². The van der Waals surface area contributed by atoms with Crippen LogP contribution in [0.2, 0.25) is 0 Å². The van der Waals surface area contributed by atoms with Gasteiger partial charge < -0.3 is 19.5 Å². The van der Waals surface area contributed by atoms with Crippen molar-refractivity contribution in [1.29, 1.82) is 0 Å². The van der Waals surface area contributed by atoms with E-state index in [-0.39, 0.29) is 22.8 Å². The Bertz CT molecular complexity index is 729. The highest BCUT2D eigenvalue weighted by Crippen LogP contribution is 2.31. The van der Waals surface area contributed by atoms with Crippen LogP contribution in [0, 0.1) is 0 Å². The SMILES string of the molecule is COc1cccc(C(=O)OCC(=O)N[C@@H]2CCS(=O)(=O)C2)c1OC. The molecule has 0 unspecified atom stereocenters. The Morgan fingerprint density at radius 2 is 2.00 bits per heavy atom. The van der Waals surface area contributed by atoms with Gasteiger partial charge in [0.2, 0.25) is 0 Å². The third-order valence-electron chi connectivity index (χ3n) is 3.55. The summed E-state index contributed by atoms with van der Waals surface area (Å²) >= 11 is 0. The predicted molar refractivity (Wildman–Crippen MR) is 85.0 cm³/mol. The van der Waals surface area contributed by atoms with Gasteiger partial charge in [-0.2, -0.15) is 0 Å². The van der Waals surface area contributed by atoms with Gasteiger partial charge in [0.1, 0.15) is 5.56 Å². The second-order valence-electron chi connectivity index (χ2n) is 5.28. The zero-order chi connectivity index (χ0) is 17.7. The molecule has 1 aromatic rings. The zero-order valence-electron chi connectivity index (χ0n) is 13.4. The van der Waals surface area contributed by atoms with Gasteiger partial charge in [0.15, 0.2) is 27.9 Å². The second-order valence-corrected chi connectivity index (χ2v) is 7.51. The van der Waals surface area contributed by atoms with Gasteiger partial charge >= 0.3 is 5.97 Å². The molecular weight excluding hydrogens is 338 g/mol. The van der Waals surface area contributed by atoms with Gasteiger partial charge in [-0.1, -0.05) is 6.07 Å². The topological polar surface area (TPSA) is 108 Å². The average molecular weight is 357 g/mol. The van der Waals surface area contributed by atoms with Crippen LogP contribution in [-0.2, 0) is 19.4 Å². The van der Waals surface area contributed by atoms with Gasteiger partial charge in [-0.05, 0) is 18.6 Å². The number of ether oxygens (including phenoxy) is 3. The molecular formula is C15H19NO7S. The first-order chi connectivity index (χ1) is 11.4. The molecule has 9 heteroatoms. The number of methoxy groups -OCH3 is 2. The van der Waals surface area contributed by atoms with Gasteiger partial charge in [0.25, 0.3) is 5.91 Å². The van der Waals surface area contributed by atoms with Crippen molar-refractivity contribution in [2.75, 3.05) is 32.3 Å². The van der Waals surface area contributed by atoms with Crippen LogP contribution in [0.5, 0.6) is 11.5 Å². The molecule has 0 aliphatic carbocycles. The normalized spacial score (nSPS) is 18.7. The molecule has 0 radical (unpaired) electrons. The summed E-state index contributed by atoms with van der Waals surface area (Å²) in [6.45, 7) is -0.504. The molecule has 132 valence electrons. The van der Waals surface area contributed by atoms with E-state index < -0.39 is 34.4 Å². The minimum atomic E-state index is -3.08. The lowest BCUT2D eigenvalue weighted by atomic mass is 10.2. The van der Waals surface area contributed by atoms with Gasteiger partial charge in [0, 0.05) is 6.04 Å². The molecule has 1 heterocycles. The Kier molecular flexibility index (Phi) is 5.66. The van der Waals surface area contributed by atoms with E-state index in [9.17, 15) is 18.0 Å². The number of nitrogens with one attached hydrogen (secondary N) is 1. The zero-order valence-corrected chi connectivity index (χ0v) is 14.2. The van der Waals surface area contributed by atoms with Crippen molar-refractivity contribution in [3.8, 4) is 11.5 Å². The summed E-state index contributed by atoms with van der Waals surface area (Å²) in [4.78, 5) is 23.9. The van der Waals surface area contributed by atoms with Crippen molar-refractivity contribution in [1.82, 2.24) is 5.32 Å². The first-order valence-electron chi connectivity index (χ1n) is 7.24. The Morgan fingerprint density at radius 3 is 2.58 bits per heavy atom. The van der Waals surface area contributed by atoms with Crippen molar-refractivity contribution >= 4 is 21.7 Å². The Hall–Kier alpha value is -2.29. The van der Waals surface area contributed by atoms with Gasteiger partial charge in [-0.25, -0.2) is 13.2 Å². The van der Waals surface area contributed by atoms with E-state index >= 15 is 0 Å². The highest BCUT2D eigenvalue weighted by atomic mass is 32.2. The molecule has 0 spiro atoms. The number of esters is 1. The molecule has 1 amide bonds. The van der Waals surface area contributed by atoms with Crippen LogP contribution in [-0.4, -0.2) is 58.7 Å². The molecule has 1 fully saturated rings.